The number of hydrogen-bond donors (Lipinski definition) is 2. The summed E-state index contributed by atoms with van der Waals surface area (Å²) in [6.45, 7) is 3.71. The highest BCUT2D eigenvalue weighted by atomic mass is 35.5. The van der Waals surface area contributed by atoms with Crippen LogP contribution in [0.1, 0.15) is 46.0 Å². The third kappa shape index (κ3) is 4.94. The molecule has 3 amide bonds. The summed E-state index contributed by atoms with van der Waals surface area (Å²) < 4.78 is 0. The Balaban J connectivity index is 2.33. The van der Waals surface area contributed by atoms with Crippen molar-refractivity contribution in [1.29, 1.82) is 0 Å². The fraction of sp³-hybridized carbons (Fsp3) is 0.833. The van der Waals surface area contributed by atoms with Gasteiger partial charge < -0.3 is 5.32 Å². The van der Waals surface area contributed by atoms with Crippen molar-refractivity contribution in [3.8, 4) is 0 Å². The average Bonchev–Trinajstić information content (AvgIpc) is 2.28. The molecule has 0 aromatic rings. The summed E-state index contributed by atoms with van der Waals surface area (Å²) >= 11 is 5.57. The van der Waals surface area contributed by atoms with E-state index in [1.165, 1.54) is 13.3 Å². The summed E-state index contributed by atoms with van der Waals surface area (Å²) in [5.74, 6) is 0.240. The van der Waals surface area contributed by atoms with Crippen molar-refractivity contribution >= 4 is 23.5 Å². The van der Waals surface area contributed by atoms with Gasteiger partial charge in [-0.05, 0) is 25.7 Å². The van der Waals surface area contributed by atoms with Crippen LogP contribution in [0, 0.1) is 5.92 Å². The maximum absolute atomic E-state index is 11.5. The van der Waals surface area contributed by atoms with E-state index in [-0.39, 0.29) is 6.04 Å². The van der Waals surface area contributed by atoms with Gasteiger partial charge in [0.25, 0.3) is 0 Å². The first-order valence-corrected chi connectivity index (χ1v) is 6.72. The first kappa shape index (κ1) is 14.3. The standard InChI is InChI=1S/C12H21ClN2O2/c1-3-9-5-4-6-10(7-9)14-12(17)15-11(16)8(2)13/h8-10H,3-7H2,1-2H3,(H2,14,15,16,17). The molecule has 3 unspecified atom stereocenters. The Morgan fingerprint density at radius 3 is 2.71 bits per heavy atom. The van der Waals surface area contributed by atoms with Crippen LogP contribution in [0.25, 0.3) is 0 Å². The number of nitrogens with one attached hydrogen (secondary N) is 2. The molecule has 1 aliphatic rings. The summed E-state index contributed by atoms with van der Waals surface area (Å²) in [5, 5.41) is 4.39. The summed E-state index contributed by atoms with van der Waals surface area (Å²) in [7, 11) is 0. The summed E-state index contributed by atoms with van der Waals surface area (Å²) in [6.07, 6.45) is 5.54. The van der Waals surface area contributed by atoms with Gasteiger partial charge in [-0.2, -0.15) is 0 Å². The number of carbonyl (C=O) groups excluding carboxylic acids is 2. The fourth-order valence-electron chi connectivity index (χ4n) is 2.23. The van der Waals surface area contributed by atoms with Crippen molar-refractivity contribution in [1.82, 2.24) is 10.6 Å². The van der Waals surface area contributed by atoms with Crippen molar-refractivity contribution in [2.24, 2.45) is 5.92 Å². The van der Waals surface area contributed by atoms with Gasteiger partial charge in [-0.3, -0.25) is 10.1 Å². The van der Waals surface area contributed by atoms with E-state index >= 15 is 0 Å². The third-order valence-electron chi connectivity index (χ3n) is 3.29. The quantitative estimate of drug-likeness (QED) is 0.766. The molecule has 0 aromatic carbocycles. The van der Waals surface area contributed by atoms with E-state index < -0.39 is 17.3 Å². The van der Waals surface area contributed by atoms with Crippen LogP contribution in [0.5, 0.6) is 0 Å². The van der Waals surface area contributed by atoms with Crippen LogP contribution in [-0.4, -0.2) is 23.4 Å². The Bertz CT molecular complexity index is 282. The van der Waals surface area contributed by atoms with E-state index in [4.69, 9.17) is 11.6 Å². The van der Waals surface area contributed by atoms with E-state index in [9.17, 15) is 9.59 Å². The van der Waals surface area contributed by atoms with Crippen LogP contribution in [0.15, 0.2) is 0 Å². The monoisotopic (exact) mass is 260 g/mol. The molecule has 1 fully saturated rings. The number of amides is 3. The van der Waals surface area contributed by atoms with Gasteiger partial charge in [0.2, 0.25) is 5.91 Å². The van der Waals surface area contributed by atoms with Gasteiger partial charge >= 0.3 is 6.03 Å². The molecule has 2 N–H and O–H groups in total. The zero-order chi connectivity index (χ0) is 12.8. The first-order valence-electron chi connectivity index (χ1n) is 6.28. The number of alkyl halides is 1. The molecule has 5 heteroatoms. The minimum atomic E-state index is -0.685. The largest absolute Gasteiger partial charge is 0.335 e. The average molecular weight is 261 g/mol. The van der Waals surface area contributed by atoms with Gasteiger partial charge in [-0.15, -0.1) is 11.6 Å². The lowest BCUT2D eigenvalue weighted by Gasteiger charge is -2.29. The number of carbonyl (C=O) groups is 2. The predicted molar refractivity (Wildman–Crippen MR) is 68.0 cm³/mol. The Kier molecular flexibility index (Phi) is 5.75. The minimum Gasteiger partial charge on any atom is -0.335 e. The maximum atomic E-state index is 11.5. The molecule has 1 saturated carbocycles. The maximum Gasteiger partial charge on any atom is 0.321 e. The van der Waals surface area contributed by atoms with E-state index in [1.54, 1.807) is 0 Å². The van der Waals surface area contributed by atoms with Crippen molar-refractivity contribution in [3.05, 3.63) is 0 Å². The van der Waals surface area contributed by atoms with Crippen LogP contribution in [0.2, 0.25) is 0 Å². The van der Waals surface area contributed by atoms with Gasteiger partial charge in [0.15, 0.2) is 0 Å². The Labute approximate surface area is 107 Å². The summed E-state index contributed by atoms with van der Waals surface area (Å²) in [4.78, 5) is 22.7. The predicted octanol–water partition coefficient (Wildman–Crippen LogP) is 2.41. The number of urea groups is 1. The van der Waals surface area contributed by atoms with Crippen LogP contribution in [0.4, 0.5) is 4.79 Å². The highest BCUT2D eigenvalue weighted by molar-refractivity contribution is 6.31. The molecule has 98 valence electrons. The Morgan fingerprint density at radius 2 is 2.12 bits per heavy atom. The van der Waals surface area contributed by atoms with E-state index in [2.05, 4.69) is 17.6 Å². The number of hydrogen-bond acceptors (Lipinski definition) is 2. The van der Waals surface area contributed by atoms with Crippen LogP contribution < -0.4 is 10.6 Å². The lowest BCUT2D eigenvalue weighted by atomic mass is 9.84. The van der Waals surface area contributed by atoms with Gasteiger partial charge in [-0.25, -0.2) is 4.79 Å². The minimum absolute atomic E-state index is 0.187. The van der Waals surface area contributed by atoms with Crippen LogP contribution in [-0.2, 0) is 4.79 Å². The molecule has 3 atom stereocenters. The molecular weight excluding hydrogens is 240 g/mol. The molecule has 17 heavy (non-hydrogen) atoms. The lowest BCUT2D eigenvalue weighted by molar-refractivity contribution is -0.119. The van der Waals surface area contributed by atoms with Gasteiger partial charge in [0.1, 0.15) is 5.38 Å². The second-order valence-corrected chi connectivity index (χ2v) is 5.37. The normalized spacial score (nSPS) is 26.1. The molecule has 0 radical (unpaired) electrons. The smallest absolute Gasteiger partial charge is 0.321 e. The van der Waals surface area contributed by atoms with Crippen molar-refractivity contribution in [2.75, 3.05) is 0 Å². The SMILES string of the molecule is CCC1CCCC(NC(=O)NC(=O)C(C)Cl)C1. The molecule has 1 aliphatic carbocycles. The van der Waals surface area contributed by atoms with Crippen LogP contribution in [0.3, 0.4) is 0 Å². The topological polar surface area (TPSA) is 58.2 Å². The number of imide groups is 1. The molecule has 0 spiro atoms. The Hall–Kier alpha value is -0.770. The molecular formula is C12H21ClN2O2. The molecule has 4 nitrogen and oxygen atoms in total. The summed E-state index contributed by atoms with van der Waals surface area (Å²) in [6, 6.07) is -0.239. The molecule has 0 heterocycles. The van der Waals surface area contributed by atoms with Crippen molar-refractivity contribution in [3.63, 3.8) is 0 Å². The van der Waals surface area contributed by atoms with Crippen LogP contribution >= 0.6 is 11.6 Å². The molecule has 0 aromatic heterocycles. The van der Waals surface area contributed by atoms with Gasteiger partial charge in [0.05, 0.1) is 0 Å². The van der Waals surface area contributed by atoms with Crippen molar-refractivity contribution < 1.29 is 9.59 Å². The third-order valence-corrected chi connectivity index (χ3v) is 3.49. The fourth-order valence-corrected chi connectivity index (χ4v) is 2.28. The van der Waals surface area contributed by atoms with E-state index in [1.807, 2.05) is 0 Å². The van der Waals surface area contributed by atoms with E-state index in [0.29, 0.717) is 5.92 Å². The Morgan fingerprint density at radius 1 is 1.41 bits per heavy atom. The van der Waals surface area contributed by atoms with Gasteiger partial charge in [0, 0.05) is 6.04 Å². The molecule has 0 aliphatic heterocycles. The molecule has 1 rings (SSSR count). The summed E-state index contributed by atoms with van der Waals surface area (Å²) in [5.41, 5.74) is 0. The number of halogens is 1. The van der Waals surface area contributed by atoms with Crippen molar-refractivity contribution in [2.45, 2.75) is 57.4 Å². The second-order valence-electron chi connectivity index (χ2n) is 4.72. The van der Waals surface area contributed by atoms with E-state index in [0.717, 1.165) is 25.7 Å². The molecule has 0 saturated heterocycles. The zero-order valence-electron chi connectivity index (χ0n) is 10.5. The molecule has 0 bridgehead atoms. The van der Waals surface area contributed by atoms with Gasteiger partial charge in [-0.1, -0.05) is 26.2 Å². The highest BCUT2D eigenvalue weighted by Gasteiger charge is 2.23. The number of rotatable bonds is 3. The highest BCUT2D eigenvalue weighted by Crippen LogP contribution is 2.26. The first-order chi connectivity index (χ1) is 8.02. The second kappa shape index (κ2) is 6.84. The lowest BCUT2D eigenvalue weighted by Crippen LogP contribution is -2.47. The zero-order valence-corrected chi connectivity index (χ0v) is 11.2.